The summed E-state index contributed by atoms with van der Waals surface area (Å²) in [7, 11) is 0. The van der Waals surface area contributed by atoms with Crippen LogP contribution in [-0.2, 0) is 6.54 Å². The van der Waals surface area contributed by atoms with Crippen molar-refractivity contribution in [3.05, 3.63) is 64.7 Å². The van der Waals surface area contributed by atoms with Crippen LogP contribution in [0.15, 0.2) is 36.5 Å². The SMILES string of the molecule is Cc1ccc(C(O)CNCc2cnc3nc(C)cc(C)n23)cc1. The fourth-order valence-corrected chi connectivity index (χ4v) is 2.76. The summed E-state index contributed by atoms with van der Waals surface area (Å²) in [6, 6.07) is 10.00. The number of nitrogens with zero attached hydrogens (tertiary/aromatic N) is 3. The molecule has 0 radical (unpaired) electrons. The molecular formula is C18H22N4O. The Kier molecular flexibility index (Phi) is 4.41. The minimum absolute atomic E-state index is 0.495. The molecule has 0 aliphatic rings. The van der Waals surface area contributed by atoms with Gasteiger partial charge in [0.25, 0.3) is 0 Å². The molecule has 1 unspecified atom stereocenters. The van der Waals surface area contributed by atoms with E-state index in [1.165, 1.54) is 5.56 Å². The van der Waals surface area contributed by atoms with E-state index < -0.39 is 6.10 Å². The number of rotatable bonds is 5. The van der Waals surface area contributed by atoms with Gasteiger partial charge in [0.1, 0.15) is 0 Å². The second-order valence-corrected chi connectivity index (χ2v) is 5.98. The maximum absolute atomic E-state index is 10.2. The van der Waals surface area contributed by atoms with Gasteiger partial charge >= 0.3 is 0 Å². The fourth-order valence-electron chi connectivity index (χ4n) is 2.76. The van der Waals surface area contributed by atoms with E-state index in [4.69, 9.17) is 0 Å². The third-order valence-corrected chi connectivity index (χ3v) is 3.97. The summed E-state index contributed by atoms with van der Waals surface area (Å²) < 4.78 is 2.04. The monoisotopic (exact) mass is 310 g/mol. The molecule has 0 bridgehead atoms. The number of hydrogen-bond donors (Lipinski definition) is 2. The van der Waals surface area contributed by atoms with Crippen molar-refractivity contribution < 1.29 is 5.11 Å². The second-order valence-electron chi connectivity index (χ2n) is 5.98. The van der Waals surface area contributed by atoms with E-state index in [-0.39, 0.29) is 0 Å². The largest absolute Gasteiger partial charge is 0.387 e. The van der Waals surface area contributed by atoms with Crippen molar-refractivity contribution in [3.8, 4) is 0 Å². The molecule has 5 heteroatoms. The highest BCUT2D eigenvalue weighted by Crippen LogP contribution is 2.14. The fraction of sp³-hybridized carbons (Fsp3) is 0.333. The molecular weight excluding hydrogens is 288 g/mol. The molecule has 5 nitrogen and oxygen atoms in total. The van der Waals surface area contributed by atoms with Crippen molar-refractivity contribution in [1.29, 1.82) is 0 Å². The average molecular weight is 310 g/mol. The standard InChI is InChI=1S/C18H22N4O/c1-12-4-6-15(7-5-12)17(23)11-19-9-16-10-20-18-21-13(2)8-14(3)22(16)18/h4-8,10,17,19,23H,9,11H2,1-3H3. The predicted molar refractivity (Wildman–Crippen MR) is 90.3 cm³/mol. The Morgan fingerprint density at radius 2 is 1.91 bits per heavy atom. The highest BCUT2D eigenvalue weighted by Gasteiger charge is 2.10. The lowest BCUT2D eigenvalue weighted by molar-refractivity contribution is 0.174. The van der Waals surface area contributed by atoms with Crippen molar-refractivity contribution in [2.24, 2.45) is 0 Å². The zero-order chi connectivity index (χ0) is 16.4. The van der Waals surface area contributed by atoms with Gasteiger partial charge in [-0.25, -0.2) is 9.97 Å². The van der Waals surface area contributed by atoms with Gasteiger partial charge in [0, 0.05) is 24.5 Å². The van der Waals surface area contributed by atoms with Crippen LogP contribution < -0.4 is 5.32 Å². The van der Waals surface area contributed by atoms with Crippen LogP contribution in [0.1, 0.15) is 34.3 Å². The number of benzene rings is 1. The minimum atomic E-state index is -0.517. The van der Waals surface area contributed by atoms with Crippen molar-refractivity contribution >= 4 is 5.78 Å². The first-order chi connectivity index (χ1) is 11.0. The zero-order valence-corrected chi connectivity index (χ0v) is 13.7. The van der Waals surface area contributed by atoms with E-state index in [9.17, 15) is 5.11 Å². The minimum Gasteiger partial charge on any atom is -0.387 e. The van der Waals surface area contributed by atoms with Gasteiger partial charge in [-0.2, -0.15) is 0 Å². The summed E-state index contributed by atoms with van der Waals surface area (Å²) in [4.78, 5) is 8.79. The van der Waals surface area contributed by atoms with E-state index in [1.54, 1.807) is 0 Å². The Balaban J connectivity index is 1.66. The Bertz CT molecular complexity index is 808. The molecule has 0 aliphatic heterocycles. The van der Waals surface area contributed by atoms with Gasteiger partial charge in [-0.1, -0.05) is 29.8 Å². The molecule has 3 rings (SSSR count). The second kappa shape index (κ2) is 6.48. The normalized spacial score (nSPS) is 12.7. The van der Waals surface area contributed by atoms with Crippen LogP contribution >= 0.6 is 0 Å². The van der Waals surface area contributed by atoms with Crippen LogP contribution in [0.2, 0.25) is 0 Å². The Morgan fingerprint density at radius 3 is 2.65 bits per heavy atom. The molecule has 2 aromatic heterocycles. The lowest BCUT2D eigenvalue weighted by Gasteiger charge is -2.13. The Hall–Kier alpha value is -2.24. The third kappa shape index (κ3) is 3.41. The molecule has 2 heterocycles. The van der Waals surface area contributed by atoms with Gasteiger partial charge in [-0.3, -0.25) is 4.40 Å². The molecule has 0 saturated carbocycles. The number of fused-ring (bicyclic) bond motifs is 1. The molecule has 1 atom stereocenters. The van der Waals surface area contributed by atoms with Crippen LogP contribution in [-0.4, -0.2) is 26.0 Å². The zero-order valence-electron chi connectivity index (χ0n) is 13.7. The highest BCUT2D eigenvalue weighted by atomic mass is 16.3. The van der Waals surface area contributed by atoms with Crippen molar-refractivity contribution in [3.63, 3.8) is 0 Å². The van der Waals surface area contributed by atoms with Crippen LogP contribution in [0, 0.1) is 20.8 Å². The summed E-state index contributed by atoms with van der Waals surface area (Å²) in [6.07, 6.45) is 1.32. The molecule has 3 aromatic rings. The number of hydrogen-bond acceptors (Lipinski definition) is 4. The number of nitrogens with one attached hydrogen (secondary N) is 1. The van der Waals surface area contributed by atoms with Gasteiger partial charge in [0.05, 0.1) is 18.0 Å². The maximum atomic E-state index is 10.2. The van der Waals surface area contributed by atoms with E-state index in [0.29, 0.717) is 13.1 Å². The third-order valence-electron chi connectivity index (χ3n) is 3.97. The molecule has 1 aromatic carbocycles. The van der Waals surface area contributed by atoms with Crippen molar-refractivity contribution in [2.75, 3.05) is 6.54 Å². The molecule has 0 saturated heterocycles. The van der Waals surface area contributed by atoms with Gasteiger partial charge in [-0.05, 0) is 32.4 Å². The first-order valence-electron chi connectivity index (χ1n) is 7.80. The maximum Gasteiger partial charge on any atom is 0.234 e. The lowest BCUT2D eigenvalue weighted by Crippen LogP contribution is -2.22. The van der Waals surface area contributed by atoms with Crippen LogP contribution in [0.5, 0.6) is 0 Å². The molecule has 0 spiro atoms. The van der Waals surface area contributed by atoms with Gasteiger partial charge < -0.3 is 10.4 Å². The Morgan fingerprint density at radius 1 is 1.17 bits per heavy atom. The summed E-state index contributed by atoms with van der Waals surface area (Å²) in [5.74, 6) is 0.721. The van der Waals surface area contributed by atoms with E-state index in [0.717, 1.165) is 28.4 Å². The van der Waals surface area contributed by atoms with Crippen molar-refractivity contribution in [2.45, 2.75) is 33.4 Å². The average Bonchev–Trinajstić information content (AvgIpc) is 2.91. The van der Waals surface area contributed by atoms with E-state index in [2.05, 4.69) is 15.3 Å². The number of aromatic nitrogens is 3. The summed E-state index contributed by atoms with van der Waals surface area (Å²) in [5, 5.41) is 13.5. The predicted octanol–water partition coefficient (Wildman–Crippen LogP) is 2.48. The molecule has 0 fully saturated rings. The summed E-state index contributed by atoms with van der Waals surface area (Å²) >= 11 is 0. The van der Waals surface area contributed by atoms with Gasteiger partial charge in [0.15, 0.2) is 0 Å². The van der Waals surface area contributed by atoms with Gasteiger partial charge in [0.2, 0.25) is 5.78 Å². The molecule has 120 valence electrons. The molecule has 0 aliphatic carbocycles. The quantitative estimate of drug-likeness (QED) is 0.760. The van der Waals surface area contributed by atoms with E-state index >= 15 is 0 Å². The van der Waals surface area contributed by atoms with Crippen LogP contribution in [0.3, 0.4) is 0 Å². The molecule has 0 amide bonds. The van der Waals surface area contributed by atoms with Crippen molar-refractivity contribution in [1.82, 2.24) is 19.7 Å². The number of aryl methyl sites for hydroxylation is 3. The number of imidazole rings is 1. The molecule has 2 N–H and O–H groups in total. The number of aliphatic hydroxyl groups is 1. The Labute approximate surface area is 136 Å². The first-order valence-corrected chi connectivity index (χ1v) is 7.80. The topological polar surface area (TPSA) is 62.5 Å². The van der Waals surface area contributed by atoms with Gasteiger partial charge in [-0.15, -0.1) is 0 Å². The smallest absolute Gasteiger partial charge is 0.234 e. The van der Waals surface area contributed by atoms with Crippen LogP contribution in [0.4, 0.5) is 0 Å². The first kappa shape index (κ1) is 15.6. The lowest BCUT2D eigenvalue weighted by atomic mass is 10.1. The summed E-state index contributed by atoms with van der Waals surface area (Å²) in [6.45, 7) is 7.19. The highest BCUT2D eigenvalue weighted by molar-refractivity contribution is 5.35. The van der Waals surface area contributed by atoms with E-state index in [1.807, 2.05) is 61.7 Å². The summed E-state index contributed by atoms with van der Waals surface area (Å²) in [5.41, 5.74) is 5.24. The van der Waals surface area contributed by atoms with Crippen LogP contribution in [0.25, 0.3) is 5.78 Å². The molecule has 23 heavy (non-hydrogen) atoms. The number of aliphatic hydroxyl groups excluding tert-OH is 1.